The van der Waals surface area contributed by atoms with Crippen molar-refractivity contribution in [1.82, 2.24) is 5.32 Å². The number of nitrogens with two attached hydrogens (primary N) is 1. The summed E-state index contributed by atoms with van der Waals surface area (Å²) >= 11 is 5.82. The van der Waals surface area contributed by atoms with E-state index in [0.717, 1.165) is 6.20 Å². The Morgan fingerprint density at radius 3 is 2.76 bits per heavy atom. The number of hydrogen-bond acceptors (Lipinski definition) is 5. The van der Waals surface area contributed by atoms with Gasteiger partial charge in [-0.15, -0.1) is 0 Å². The molecule has 1 aromatic carbocycles. The molecule has 21 heavy (non-hydrogen) atoms. The van der Waals surface area contributed by atoms with Crippen LogP contribution in [0.1, 0.15) is 6.42 Å². The molecule has 0 aliphatic carbocycles. The molecule has 8 heteroatoms. The quantitative estimate of drug-likeness (QED) is 0.272. The monoisotopic (exact) mass is 308 g/mol. The van der Waals surface area contributed by atoms with Gasteiger partial charge in [-0.05, 0) is 18.2 Å². The minimum absolute atomic E-state index is 0.113. The zero-order chi connectivity index (χ0) is 15.8. The lowest BCUT2D eigenvalue weighted by atomic mass is 10.2. The number of carbonyl (C=O) groups excluding carboxylic acids is 1. The summed E-state index contributed by atoms with van der Waals surface area (Å²) in [6.07, 6.45) is 1.04. The van der Waals surface area contributed by atoms with E-state index in [9.17, 15) is 9.59 Å². The molecule has 1 aromatic rings. The van der Waals surface area contributed by atoms with Crippen molar-refractivity contribution in [1.29, 1.82) is 5.26 Å². The summed E-state index contributed by atoms with van der Waals surface area (Å²) in [5.41, 5.74) is 6.13. The average molecular weight is 309 g/mol. The number of nitrogen functional groups attached to an aromatic ring is 1. The standard InChI is InChI=1S/C13H13ClN4O3/c14-10-5-9(1-2-11(10)16)18-13(21)8(6-15)7-17-4-3-12(19)20/h1-2,5,7,17H,3-4,16H2,(H,18,21)(H,19,20)/b8-7-. The molecule has 0 saturated heterocycles. The molecule has 0 spiro atoms. The number of nitriles is 1. The van der Waals surface area contributed by atoms with Crippen molar-refractivity contribution >= 4 is 34.9 Å². The van der Waals surface area contributed by atoms with Crippen LogP contribution >= 0.6 is 11.6 Å². The van der Waals surface area contributed by atoms with E-state index >= 15 is 0 Å². The molecule has 0 saturated carbocycles. The first kappa shape index (κ1) is 16.3. The van der Waals surface area contributed by atoms with Gasteiger partial charge in [-0.3, -0.25) is 9.59 Å². The Balaban J connectivity index is 2.66. The maximum Gasteiger partial charge on any atom is 0.305 e. The van der Waals surface area contributed by atoms with Crippen LogP contribution in [-0.2, 0) is 9.59 Å². The maximum atomic E-state index is 11.8. The Hall–Kier alpha value is -2.72. The van der Waals surface area contributed by atoms with Gasteiger partial charge in [0, 0.05) is 18.4 Å². The first-order valence-corrected chi connectivity index (χ1v) is 6.23. The molecular weight excluding hydrogens is 296 g/mol. The lowest BCUT2D eigenvalue weighted by Crippen LogP contribution is -2.18. The van der Waals surface area contributed by atoms with Crippen molar-refractivity contribution in [2.75, 3.05) is 17.6 Å². The van der Waals surface area contributed by atoms with Crippen molar-refractivity contribution in [2.24, 2.45) is 0 Å². The third-order valence-electron chi connectivity index (χ3n) is 2.35. The molecule has 5 N–H and O–H groups in total. The minimum atomic E-state index is -0.977. The van der Waals surface area contributed by atoms with Crippen LogP contribution in [0.15, 0.2) is 30.0 Å². The molecule has 0 radical (unpaired) electrons. The smallest absolute Gasteiger partial charge is 0.305 e. The summed E-state index contributed by atoms with van der Waals surface area (Å²) in [4.78, 5) is 22.2. The van der Waals surface area contributed by atoms with Gasteiger partial charge in [0.25, 0.3) is 5.91 Å². The zero-order valence-corrected chi connectivity index (χ0v) is 11.6. The molecule has 1 rings (SSSR count). The first-order chi connectivity index (χ1) is 9.93. The van der Waals surface area contributed by atoms with Gasteiger partial charge in [-0.2, -0.15) is 5.26 Å². The van der Waals surface area contributed by atoms with Gasteiger partial charge in [0.05, 0.1) is 17.1 Å². The van der Waals surface area contributed by atoms with Crippen LogP contribution in [0.25, 0.3) is 0 Å². The van der Waals surface area contributed by atoms with E-state index in [1.807, 2.05) is 0 Å². The topological polar surface area (TPSA) is 128 Å². The van der Waals surface area contributed by atoms with Crippen molar-refractivity contribution in [2.45, 2.75) is 6.42 Å². The first-order valence-electron chi connectivity index (χ1n) is 5.86. The number of anilines is 2. The molecule has 0 fully saturated rings. The molecule has 110 valence electrons. The average Bonchev–Trinajstić information content (AvgIpc) is 2.42. The Morgan fingerprint density at radius 1 is 1.48 bits per heavy atom. The van der Waals surface area contributed by atoms with E-state index in [0.29, 0.717) is 11.4 Å². The van der Waals surface area contributed by atoms with Crippen LogP contribution in [0.2, 0.25) is 5.02 Å². The van der Waals surface area contributed by atoms with E-state index in [4.69, 9.17) is 27.7 Å². The normalized spacial score (nSPS) is 10.6. The van der Waals surface area contributed by atoms with Crippen LogP contribution < -0.4 is 16.4 Å². The molecule has 0 aliphatic heterocycles. The fraction of sp³-hybridized carbons (Fsp3) is 0.154. The van der Waals surface area contributed by atoms with E-state index in [1.165, 1.54) is 12.1 Å². The summed E-state index contributed by atoms with van der Waals surface area (Å²) in [5, 5.41) is 22.7. The van der Waals surface area contributed by atoms with Crippen LogP contribution in [0.3, 0.4) is 0 Å². The Kier molecular flexibility index (Phi) is 6.04. The zero-order valence-electron chi connectivity index (χ0n) is 10.9. The molecular formula is C13H13ClN4O3. The lowest BCUT2D eigenvalue weighted by molar-refractivity contribution is -0.136. The Labute approximate surface area is 126 Å². The van der Waals surface area contributed by atoms with Crippen LogP contribution in [0, 0.1) is 11.3 Å². The highest BCUT2D eigenvalue weighted by molar-refractivity contribution is 6.33. The lowest BCUT2D eigenvalue weighted by Gasteiger charge is -2.06. The van der Waals surface area contributed by atoms with E-state index in [-0.39, 0.29) is 23.6 Å². The second-order valence-corrected chi connectivity index (χ2v) is 4.37. The van der Waals surface area contributed by atoms with Gasteiger partial charge in [0.15, 0.2) is 0 Å². The summed E-state index contributed by atoms with van der Waals surface area (Å²) in [5.74, 6) is -1.61. The number of aliphatic carboxylic acids is 1. The molecule has 1 amide bonds. The van der Waals surface area contributed by atoms with Crippen LogP contribution in [0.5, 0.6) is 0 Å². The number of benzene rings is 1. The van der Waals surface area contributed by atoms with E-state index in [2.05, 4.69) is 10.6 Å². The number of carboxylic acid groups (broad SMARTS) is 1. The van der Waals surface area contributed by atoms with Gasteiger partial charge in [-0.25, -0.2) is 0 Å². The maximum absolute atomic E-state index is 11.8. The van der Waals surface area contributed by atoms with Crippen LogP contribution in [0.4, 0.5) is 11.4 Å². The molecule has 0 bridgehead atoms. The van der Waals surface area contributed by atoms with Crippen molar-refractivity contribution in [3.8, 4) is 6.07 Å². The van der Waals surface area contributed by atoms with E-state index in [1.54, 1.807) is 12.1 Å². The predicted octanol–water partition coefficient (Wildman–Crippen LogP) is 1.33. The highest BCUT2D eigenvalue weighted by Gasteiger charge is 2.10. The van der Waals surface area contributed by atoms with Crippen molar-refractivity contribution in [3.05, 3.63) is 35.0 Å². The fourth-order valence-electron chi connectivity index (χ4n) is 1.31. The Bertz CT molecular complexity index is 622. The highest BCUT2D eigenvalue weighted by atomic mass is 35.5. The van der Waals surface area contributed by atoms with Gasteiger partial charge in [-0.1, -0.05) is 11.6 Å². The second kappa shape index (κ2) is 7.77. The third-order valence-corrected chi connectivity index (χ3v) is 2.68. The van der Waals surface area contributed by atoms with Gasteiger partial charge >= 0.3 is 5.97 Å². The summed E-state index contributed by atoms with van der Waals surface area (Å²) in [7, 11) is 0. The second-order valence-electron chi connectivity index (χ2n) is 3.96. The van der Waals surface area contributed by atoms with E-state index < -0.39 is 11.9 Å². The molecule has 7 nitrogen and oxygen atoms in total. The van der Waals surface area contributed by atoms with Gasteiger partial charge in [0.2, 0.25) is 0 Å². The number of carboxylic acids is 1. The largest absolute Gasteiger partial charge is 0.481 e. The summed E-state index contributed by atoms with van der Waals surface area (Å²) < 4.78 is 0. The molecule has 0 aliphatic rings. The summed E-state index contributed by atoms with van der Waals surface area (Å²) in [6, 6.07) is 6.25. The van der Waals surface area contributed by atoms with Crippen molar-refractivity contribution < 1.29 is 14.7 Å². The SMILES string of the molecule is N#C/C(=C/NCCC(=O)O)C(=O)Nc1ccc(N)c(Cl)c1. The fourth-order valence-corrected chi connectivity index (χ4v) is 1.49. The number of carbonyl (C=O) groups is 2. The number of nitrogens with one attached hydrogen (secondary N) is 2. The highest BCUT2D eigenvalue weighted by Crippen LogP contribution is 2.22. The predicted molar refractivity (Wildman–Crippen MR) is 78.4 cm³/mol. The molecule has 0 aromatic heterocycles. The summed E-state index contributed by atoms with van der Waals surface area (Å²) in [6.45, 7) is 0.113. The van der Waals surface area contributed by atoms with Crippen molar-refractivity contribution in [3.63, 3.8) is 0 Å². The van der Waals surface area contributed by atoms with Gasteiger partial charge < -0.3 is 21.5 Å². The number of halogens is 1. The number of amides is 1. The molecule has 0 heterocycles. The third kappa shape index (κ3) is 5.42. The molecule has 0 unspecified atom stereocenters. The Morgan fingerprint density at radius 2 is 2.19 bits per heavy atom. The molecule has 0 atom stereocenters. The number of rotatable bonds is 6. The minimum Gasteiger partial charge on any atom is -0.481 e. The van der Waals surface area contributed by atoms with Crippen LogP contribution in [-0.4, -0.2) is 23.5 Å². The number of hydrogen-bond donors (Lipinski definition) is 4. The van der Waals surface area contributed by atoms with Gasteiger partial charge in [0.1, 0.15) is 11.6 Å². The number of nitrogens with zero attached hydrogens (tertiary/aromatic N) is 1.